The first kappa shape index (κ1) is 21.4. The summed E-state index contributed by atoms with van der Waals surface area (Å²) in [6.07, 6.45) is 3.20. The minimum atomic E-state index is -1.47. The third-order valence-electron chi connectivity index (χ3n) is 3.89. The van der Waals surface area contributed by atoms with E-state index in [2.05, 4.69) is 10.3 Å². The number of nitrogens with one attached hydrogen (secondary N) is 1. The summed E-state index contributed by atoms with van der Waals surface area (Å²) in [6, 6.07) is 12.1. The summed E-state index contributed by atoms with van der Waals surface area (Å²) in [5.74, 6) is -1.18. The Hall–Kier alpha value is -3.29. The van der Waals surface area contributed by atoms with Crippen molar-refractivity contribution in [3.05, 3.63) is 82.1 Å². The van der Waals surface area contributed by atoms with Gasteiger partial charge >= 0.3 is 0 Å². The van der Waals surface area contributed by atoms with Gasteiger partial charge in [-0.1, -0.05) is 23.2 Å². The van der Waals surface area contributed by atoms with Crippen molar-refractivity contribution in [2.75, 3.05) is 18.5 Å². The van der Waals surface area contributed by atoms with Crippen molar-refractivity contribution in [1.82, 2.24) is 4.98 Å². The molecule has 1 N–H and O–H groups in total. The Kier molecular flexibility index (Phi) is 7.11. The van der Waals surface area contributed by atoms with E-state index in [9.17, 15) is 14.7 Å². The van der Waals surface area contributed by atoms with E-state index in [0.717, 1.165) is 0 Å². The molecule has 3 rings (SSSR count). The second kappa shape index (κ2) is 9.96. The van der Waals surface area contributed by atoms with Gasteiger partial charge in [0.1, 0.15) is 24.7 Å². The van der Waals surface area contributed by atoms with Gasteiger partial charge in [-0.05, 0) is 48.5 Å². The van der Waals surface area contributed by atoms with Crippen LogP contribution in [0.3, 0.4) is 0 Å². The molecule has 0 unspecified atom stereocenters. The number of carboxylic acid groups (broad SMARTS) is 1. The van der Waals surface area contributed by atoms with E-state index in [1.165, 1.54) is 36.4 Å². The standard InChI is InChI=1S/C21H16Cl2N2O5/c22-13-3-5-16(18(23)10-13)20(26)25-19-6-4-14(11-17(19)21(27)28)29-8-9-30-15-2-1-7-24-12-15/h1-7,10-12H,8-9H2,(H,25,26)(H,27,28)/p-1. The molecular formula is C21H15Cl2N2O5-. The number of halogens is 2. The molecule has 0 radical (unpaired) electrons. The van der Waals surface area contributed by atoms with Crippen LogP contribution in [0.15, 0.2) is 60.9 Å². The molecule has 30 heavy (non-hydrogen) atoms. The summed E-state index contributed by atoms with van der Waals surface area (Å²) in [4.78, 5) is 27.9. The Bertz CT molecular complexity index is 1060. The lowest BCUT2D eigenvalue weighted by atomic mass is 10.1. The van der Waals surface area contributed by atoms with Crippen LogP contribution in [0, 0.1) is 0 Å². The van der Waals surface area contributed by atoms with Crippen LogP contribution in [-0.4, -0.2) is 30.1 Å². The molecule has 2 aromatic carbocycles. The Morgan fingerprint density at radius 3 is 2.40 bits per heavy atom. The van der Waals surface area contributed by atoms with Crippen molar-refractivity contribution >= 4 is 40.8 Å². The van der Waals surface area contributed by atoms with Crippen LogP contribution < -0.4 is 19.9 Å². The third kappa shape index (κ3) is 5.62. The van der Waals surface area contributed by atoms with Gasteiger partial charge in [0.25, 0.3) is 5.91 Å². The highest BCUT2D eigenvalue weighted by molar-refractivity contribution is 6.37. The number of aromatic carboxylic acids is 1. The number of pyridine rings is 1. The number of amides is 1. The Balaban J connectivity index is 1.66. The smallest absolute Gasteiger partial charge is 0.257 e. The Morgan fingerprint density at radius 1 is 0.967 bits per heavy atom. The third-order valence-corrected chi connectivity index (χ3v) is 4.44. The number of rotatable bonds is 8. The van der Waals surface area contributed by atoms with E-state index in [1.54, 1.807) is 24.5 Å². The number of carbonyl (C=O) groups excluding carboxylic acids is 2. The number of carbonyl (C=O) groups is 2. The van der Waals surface area contributed by atoms with Gasteiger partial charge in [0.2, 0.25) is 0 Å². The second-order valence-electron chi connectivity index (χ2n) is 5.96. The average Bonchev–Trinajstić information content (AvgIpc) is 2.72. The van der Waals surface area contributed by atoms with Crippen molar-refractivity contribution < 1.29 is 24.2 Å². The van der Waals surface area contributed by atoms with Crippen molar-refractivity contribution in [2.24, 2.45) is 0 Å². The summed E-state index contributed by atoms with van der Waals surface area (Å²) in [5, 5.41) is 14.6. The van der Waals surface area contributed by atoms with Crippen LogP contribution in [0.25, 0.3) is 0 Å². The SMILES string of the molecule is O=C(Nc1ccc(OCCOc2cccnc2)cc1C(=O)[O-])c1ccc(Cl)cc1Cl. The zero-order chi connectivity index (χ0) is 21.5. The van der Waals surface area contributed by atoms with E-state index < -0.39 is 11.9 Å². The number of ether oxygens (including phenoxy) is 2. The molecule has 7 nitrogen and oxygen atoms in total. The number of carboxylic acids is 1. The van der Waals surface area contributed by atoms with Gasteiger partial charge in [-0.3, -0.25) is 9.78 Å². The van der Waals surface area contributed by atoms with Crippen molar-refractivity contribution in [2.45, 2.75) is 0 Å². The normalized spacial score (nSPS) is 10.3. The van der Waals surface area contributed by atoms with Crippen molar-refractivity contribution in [3.8, 4) is 11.5 Å². The summed E-state index contributed by atoms with van der Waals surface area (Å²) < 4.78 is 11.0. The predicted molar refractivity (Wildman–Crippen MR) is 110 cm³/mol. The first-order valence-corrected chi connectivity index (χ1v) is 9.47. The first-order valence-electron chi connectivity index (χ1n) is 8.71. The molecule has 0 saturated heterocycles. The number of hydrogen-bond acceptors (Lipinski definition) is 6. The molecule has 0 aliphatic rings. The number of nitrogens with zero attached hydrogens (tertiary/aromatic N) is 1. The fraction of sp³-hybridized carbons (Fsp3) is 0.0952. The summed E-state index contributed by atoms with van der Waals surface area (Å²) >= 11 is 11.8. The lowest BCUT2D eigenvalue weighted by molar-refractivity contribution is -0.254. The van der Waals surface area contributed by atoms with Gasteiger partial charge in [0.05, 0.1) is 28.4 Å². The van der Waals surface area contributed by atoms with E-state index >= 15 is 0 Å². The highest BCUT2D eigenvalue weighted by Gasteiger charge is 2.14. The number of benzene rings is 2. The van der Waals surface area contributed by atoms with Crippen LogP contribution in [0.1, 0.15) is 20.7 Å². The molecule has 1 heterocycles. The predicted octanol–water partition coefficient (Wildman–Crippen LogP) is 3.46. The molecule has 0 spiro atoms. The number of aromatic nitrogens is 1. The van der Waals surface area contributed by atoms with Crippen LogP contribution in [0.2, 0.25) is 10.0 Å². The van der Waals surface area contributed by atoms with Crippen molar-refractivity contribution in [3.63, 3.8) is 0 Å². The van der Waals surface area contributed by atoms with Gasteiger partial charge in [-0.25, -0.2) is 0 Å². The maximum atomic E-state index is 12.4. The monoisotopic (exact) mass is 445 g/mol. The molecule has 0 atom stereocenters. The van der Waals surface area contributed by atoms with E-state index in [0.29, 0.717) is 10.8 Å². The summed E-state index contributed by atoms with van der Waals surface area (Å²) in [7, 11) is 0. The Morgan fingerprint density at radius 2 is 1.73 bits per heavy atom. The molecule has 3 aromatic rings. The molecule has 0 bridgehead atoms. The second-order valence-corrected chi connectivity index (χ2v) is 6.80. The van der Waals surface area contributed by atoms with Gasteiger partial charge in [0, 0.05) is 16.8 Å². The zero-order valence-corrected chi connectivity index (χ0v) is 16.9. The fourth-order valence-corrected chi connectivity index (χ4v) is 3.00. The maximum Gasteiger partial charge on any atom is 0.257 e. The molecule has 0 aliphatic carbocycles. The van der Waals surface area contributed by atoms with Crippen LogP contribution in [0.4, 0.5) is 5.69 Å². The molecular weight excluding hydrogens is 431 g/mol. The van der Waals surface area contributed by atoms with Gasteiger partial charge in [-0.15, -0.1) is 0 Å². The van der Waals surface area contributed by atoms with Gasteiger partial charge in [-0.2, -0.15) is 0 Å². The van der Waals surface area contributed by atoms with Gasteiger partial charge < -0.3 is 24.7 Å². The summed E-state index contributed by atoms with van der Waals surface area (Å²) in [6.45, 7) is 0.410. The molecule has 1 aromatic heterocycles. The lowest BCUT2D eigenvalue weighted by Crippen LogP contribution is -2.25. The topological polar surface area (TPSA) is 101 Å². The van der Waals surface area contributed by atoms with Gasteiger partial charge in [0.15, 0.2) is 0 Å². The lowest BCUT2D eigenvalue weighted by Gasteiger charge is -2.15. The van der Waals surface area contributed by atoms with Crippen LogP contribution in [-0.2, 0) is 0 Å². The maximum absolute atomic E-state index is 12.4. The van der Waals surface area contributed by atoms with Crippen molar-refractivity contribution in [1.29, 1.82) is 0 Å². The van der Waals surface area contributed by atoms with E-state index in [-0.39, 0.29) is 40.8 Å². The number of anilines is 1. The fourth-order valence-electron chi connectivity index (χ4n) is 2.51. The minimum Gasteiger partial charge on any atom is -0.545 e. The quantitative estimate of drug-likeness (QED) is 0.532. The van der Waals surface area contributed by atoms with Crippen LogP contribution in [0.5, 0.6) is 11.5 Å². The summed E-state index contributed by atoms with van der Waals surface area (Å²) in [5.41, 5.74) is -0.0395. The highest BCUT2D eigenvalue weighted by atomic mass is 35.5. The molecule has 9 heteroatoms. The largest absolute Gasteiger partial charge is 0.545 e. The average molecular weight is 446 g/mol. The zero-order valence-electron chi connectivity index (χ0n) is 15.4. The highest BCUT2D eigenvalue weighted by Crippen LogP contribution is 2.25. The minimum absolute atomic E-state index is 0.0463. The molecule has 154 valence electrons. The first-order chi connectivity index (χ1) is 14.4. The molecule has 1 amide bonds. The number of hydrogen-bond donors (Lipinski definition) is 1. The van der Waals surface area contributed by atoms with Crippen LogP contribution >= 0.6 is 23.2 Å². The van der Waals surface area contributed by atoms with E-state index in [1.807, 2.05) is 0 Å². The molecule has 0 saturated carbocycles. The Labute approximate surface area is 182 Å². The van der Waals surface area contributed by atoms with E-state index in [4.69, 9.17) is 32.7 Å². The molecule has 0 aliphatic heterocycles. The molecule has 0 fully saturated rings.